The average molecular weight is 315 g/mol. The Labute approximate surface area is 137 Å². The van der Waals surface area contributed by atoms with E-state index in [1.54, 1.807) is 0 Å². The molecule has 0 radical (unpaired) electrons. The van der Waals surface area contributed by atoms with E-state index in [1.165, 1.54) is 12.8 Å². The van der Waals surface area contributed by atoms with Gasteiger partial charge < -0.3 is 16.0 Å². The van der Waals surface area contributed by atoms with Crippen molar-refractivity contribution in [3.05, 3.63) is 29.3 Å². The van der Waals surface area contributed by atoms with E-state index in [4.69, 9.17) is 0 Å². The molecule has 2 amide bonds. The fraction of sp³-hybridized carbons (Fsp3) is 0.556. The Balaban J connectivity index is 1.59. The van der Waals surface area contributed by atoms with Crippen LogP contribution in [0.4, 0.5) is 5.69 Å². The highest BCUT2D eigenvalue weighted by Crippen LogP contribution is 2.22. The van der Waals surface area contributed by atoms with E-state index >= 15 is 0 Å². The number of rotatable bonds is 3. The largest absolute Gasteiger partial charge is 0.350 e. The van der Waals surface area contributed by atoms with Crippen LogP contribution in [0.5, 0.6) is 0 Å². The smallest absolute Gasteiger partial charge is 0.237 e. The molecule has 1 aliphatic heterocycles. The third kappa shape index (κ3) is 3.91. The monoisotopic (exact) mass is 315 g/mol. The molecule has 5 heteroatoms. The lowest BCUT2D eigenvalue weighted by atomic mass is 9.87. The fourth-order valence-electron chi connectivity index (χ4n) is 3.72. The molecule has 0 spiro atoms. The highest BCUT2D eigenvalue weighted by Gasteiger charge is 2.36. The number of amides is 2. The first kappa shape index (κ1) is 16.0. The zero-order valence-corrected chi connectivity index (χ0v) is 13.8. The molecule has 5 nitrogen and oxygen atoms in total. The molecular weight excluding hydrogens is 290 g/mol. The highest BCUT2D eigenvalue weighted by atomic mass is 16.2. The van der Waals surface area contributed by atoms with Crippen LogP contribution >= 0.6 is 0 Å². The van der Waals surface area contributed by atoms with Gasteiger partial charge in [0.15, 0.2) is 0 Å². The summed E-state index contributed by atoms with van der Waals surface area (Å²) in [7, 11) is 0. The number of hydrogen-bond donors (Lipinski definition) is 3. The summed E-state index contributed by atoms with van der Waals surface area (Å²) in [6.45, 7) is 4.00. The van der Waals surface area contributed by atoms with Crippen molar-refractivity contribution in [1.82, 2.24) is 10.6 Å². The van der Waals surface area contributed by atoms with Gasteiger partial charge in [0.25, 0.3) is 0 Å². The molecule has 3 N–H and O–H groups in total. The second-order valence-corrected chi connectivity index (χ2v) is 6.85. The Hall–Kier alpha value is -1.88. The van der Waals surface area contributed by atoms with Crippen molar-refractivity contribution in [2.24, 2.45) is 0 Å². The summed E-state index contributed by atoms with van der Waals surface area (Å²) in [4.78, 5) is 24.5. The van der Waals surface area contributed by atoms with Crippen molar-refractivity contribution < 1.29 is 9.59 Å². The predicted octanol–water partition coefficient (Wildman–Crippen LogP) is 2.03. The molecular formula is C18H25N3O2. The SMILES string of the molecule is Cc1cc(C)cc(NC(=O)CC2NC3CCCCC3NC2=O)c1. The fourth-order valence-corrected chi connectivity index (χ4v) is 3.72. The quantitative estimate of drug-likeness (QED) is 0.799. The van der Waals surface area contributed by atoms with Crippen LogP contribution in [0, 0.1) is 13.8 Å². The van der Waals surface area contributed by atoms with E-state index in [1.807, 2.05) is 26.0 Å². The van der Waals surface area contributed by atoms with Gasteiger partial charge in [-0.25, -0.2) is 0 Å². The van der Waals surface area contributed by atoms with Crippen molar-refractivity contribution in [2.45, 2.75) is 64.1 Å². The minimum absolute atomic E-state index is 0.0521. The second kappa shape index (κ2) is 6.71. The number of carbonyl (C=O) groups is 2. The van der Waals surface area contributed by atoms with Gasteiger partial charge >= 0.3 is 0 Å². The summed E-state index contributed by atoms with van der Waals surface area (Å²) in [6.07, 6.45) is 4.62. The van der Waals surface area contributed by atoms with Gasteiger partial charge in [0.05, 0.1) is 12.5 Å². The molecule has 23 heavy (non-hydrogen) atoms. The average Bonchev–Trinajstić information content (AvgIpc) is 2.46. The lowest BCUT2D eigenvalue weighted by molar-refractivity contribution is -0.129. The van der Waals surface area contributed by atoms with Gasteiger partial charge in [-0.3, -0.25) is 9.59 Å². The Morgan fingerprint density at radius 1 is 1.13 bits per heavy atom. The number of fused-ring (bicyclic) bond motifs is 1. The van der Waals surface area contributed by atoms with Crippen LogP contribution < -0.4 is 16.0 Å². The third-order valence-corrected chi connectivity index (χ3v) is 4.72. The minimum atomic E-state index is -0.430. The molecule has 1 saturated heterocycles. The maximum Gasteiger partial charge on any atom is 0.237 e. The normalized spacial score (nSPS) is 27.0. The summed E-state index contributed by atoms with van der Waals surface area (Å²) in [5.41, 5.74) is 3.01. The molecule has 0 aromatic heterocycles. The Morgan fingerprint density at radius 3 is 2.48 bits per heavy atom. The van der Waals surface area contributed by atoms with E-state index in [2.05, 4.69) is 22.0 Å². The second-order valence-electron chi connectivity index (χ2n) is 6.85. The zero-order chi connectivity index (χ0) is 16.4. The molecule has 124 valence electrons. The van der Waals surface area contributed by atoms with Gasteiger partial charge in [0.2, 0.25) is 11.8 Å². The number of benzene rings is 1. The molecule has 1 aromatic carbocycles. The Bertz CT molecular complexity index is 594. The number of carbonyl (C=O) groups excluding carboxylic acids is 2. The Kier molecular flexibility index (Phi) is 4.66. The van der Waals surface area contributed by atoms with E-state index < -0.39 is 6.04 Å². The third-order valence-electron chi connectivity index (χ3n) is 4.72. The van der Waals surface area contributed by atoms with Crippen LogP contribution in [0.2, 0.25) is 0 Å². The van der Waals surface area contributed by atoms with Crippen molar-refractivity contribution in [1.29, 1.82) is 0 Å². The minimum Gasteiger partial charge on any atom is -0.350 e. The lowest BCUT2D eigenvalue weighted by Gasteiger charge is -2.40. The lowest BCUT2D eigenvalue weighted by Crippen LogP contribution is -2.65. The Morgan fingerprint density at radius 2 is 1.78 bits per heavy atom. The van der Waals surface area contributed by atoms with Crippen LogP contribution in [-0.4, -0.2) is 29.9 Å². The summed E-state index contributed by atoms with van der Waals surface area (Å²) in [5, 5.41) is 9.35. The first-order valence-corrected chi connectivity index (χ1v) is 8.46. The molecule has 3 unspecified atom stereocenters. The van der Waals surface area contributed by atoms with E-state index in [9.17, 15) is 9.59 Å². The van der Waals surface area contributed by atoms with Crippen LogP contribution in [0.15, 0.2) is 18.2 Å². The molecule has 3 atom stereocenters. The molecule has 1 aromatic rings. The van der Waals surface area contributed by atoms with Gasteiger partial charge in [-0.15, -0.1) is 0 Å². The number of aryl methyl sites for hydroxylation is 2. The van der Waals surface area contributed by atoms with Gasteiger partial charge in [-0.05, 0) is 49.9 Å². The standard InChI is InChI=1S/C18H25N3O2/c1-11-7-12(2)9-13(8-11)19-17(22)10-16-18(23)21-15-6-4-3-5-14(15)20-16/h7-9,14-16,20H,3-6,10H2,1-2H3,(H,19,22)(H,21,23). The van der Waals surface area contributed by atoms with Crippen LogP contribution in [0.3, 0.4) is 0 Å². The predicted molar refractivity (Wildman–Crippen MR) is 90.3 cm³/mol. The molecule has 1 aliphatic carbocycles. The van der Waals surface area contributed by atoms with Crippen molar-refractivity contribution in [2.75, 3.05) is 5.32 Å². The van der Waals surface area contributed by atoms with Gasteiger partial charge in [-0.1, -0.05) is 18.9 Å². The topological polar surface area (TPSA) is 70.2 Å². The number of piperazine rings is 1. The summed E-state index contributed by atoms with van der Waals surface area (Å²) >= 11 is 0. The van der Waals surface area contributed by atoms with Crippen molar-refractivity contribution >= 4 is 17.5 Å². The van der Waals surface area contributed by atoms with E-state index in [0.717, 1.165) is 29.7 Å². The van der Waals surface area contributed by atoms with Crippen molar-refractivity contribution in [3.8, 4) is 0 Å². The summed E-state index contributed by atoms with van der Waals surface area (Å²) in [5.74, 6) is -0.180. The first-order valence-electron chi connectivity index (χ1n) is 8.46. The summed E-state index contributed by atoms with van der Waals surface area (Å²) in [6, 6.07) is 6.05. The molecule has 2 aliphatic rings. The molecule has 3 rings (SSSR count). The van der Waals surface area contributed by atoms with Crippen LogP contribution in [0.1, 0.15) is 43.2 Å². The molecule has 2 fully saturated rings. The van der Waals surface area contributed by atoms with E-state index in [-0.39, 0.29) is 24.3 Å². The number of nitrogens with one attached hydrogen (secondary N) is 3. The first-order chi connectivity index (χ1) is 11.0. The molecule has 1 saturated carbocycles. The number of hydrogen-bond acceptors (Lipinski definition) is 3. The summed E-state index contributed by atoms with van der Waals surface area (Å²) < 4.78 is 0. The van der Waals surface area contributed by atoms with Crippen LogP contribution in [0.25, 0.3) is 0 Å². The van der Waals surface area contributed by atoms with Gasteiger partial charge in [0.1, 0.15) is 0 Å². The molecule has 0 bridgehead atoms. The van der Waals surface area contributed by atoms with E-state index in [0.29, 0.717) is 6.04 Å². The van der Waals surface area contributed by atoms with Crippen LogP contribution in [-0.2, 0) is 9.59 Å². The zero-order valence-electron chi connectivity index (χ0n) is 13.8. The van der Waals surface area contributed by atoms with Gasteiger partial charge in [-0.2, -0.15) is 0 Å². The molecule has 1 heterocycles. The number of anilines is 1. The maximum absolute atomic E-state index is 12.3. The maximum atomic E-state index is 12.3. The highest BCUT2D eigenvalue weighted by molar-refractivity contribution is 5.95. The van der Waals surface area contributed by atoms with Gasteiger partial charge in [0, 0.05) is 17.8 Å². The van der Waals surface area contributed by atoms with Crippen molar-refractivity contribution in [3.63, 3.8) is 0 Å².